The van der Waals surface area contributed by atoms with Gasteiger partial charge >= 0.3 is 6.36 Å². The molecule has 0 unspecified atom stereocenters. The highest BCUT2D eigenvalue weighted by Gasteiger charge is 2.38. The Morgan fingerprint density at radius 1 is 1.07 bits per heavy atom. The summed E-state index contributed by atoms with van der Waals surface area (Å²) in [5, 5.41) is 5.35. The molecule has 4 aromatic rings. The number of ether oxygens (including phenoxy) is 1. The van der Waals surface area contributed by atoms with Crippen molar-refractivity contribution in [3.05, 3.63) is 60.0 Å². The zero-order valence-corrected chi connectivity index (χ0v) is 25.9. The summed E-state index contributed by atoms with van der Waals surface area (Å²) in [6.45, 7) is 5.35. The van der Waals surface area contributed by atoms with E-state index in [4.69, 9.17) is 10.7 Å². The lowest BCUT2D eigenvalue weighted by Crippen LogP contribution is -2.51. The van der Waals surface area contributed by atoms with Crippen LogP contribution in [0, 0.1) is 0 Å². The number of nitrogens with zero attached hydrogens (tertiary/aromatic N) is 5. The van der Waals surface area contributed by atoms with Gasteiger partial charge in [-0.1, -0.05) is 0 Å². The number of alkyl halides is 3. The largest absolute Gasteiger partial charge is 0.573 e. The summed E-state index contributed by atoms with van der Waals surface area (Å²) in [7, 11) is -1.14. The second-order valence-corrected chi connectivity index (χ2v) is 15.0. The average Bonchev–Trinajstić information content (AvgIpc) is 3.52. The van der Waals surface area contributed by atoms with Crippen LogP contribution in [0.25, 0.3) is 28.0 Å². The lowest BCUT2D eigenvalue weighted by atomic mass is 9.71. The fourth-order valence-electron chi connectivity index (χ4n) is 6.33. The number of hydrogen-bond acceptors (Lipinski definition) is 7. The Labute approximate surface area is 254 Å². The van der Waals surface area contributed by atoms with Crippen LogP contribution < -0.4 is 10.5 Å². The second-order valence-electron chi connectivity index (χ2n) is 12.7. The molecule has 0 atom stereocenters. The van der Waals surface area contributed by atoms with Crippen LogP contribution in [0.3, 0.4) is 0 Å². The molecule has 2 fully saturated rings. The molecule has 0 bridgehead atoms. The molecule has 1 aliphatic heterocycles. The molecule has 3 aromatic heterocycles. The third kappa shape index (κ3) is 6.09. The first-order valence-corrected chi connectivity index (χ1v) is 16.6. The summed E-state index contributed by atoms with van der Waals surface area (Å²) in [4.78, 5) is 7.33. The molecule has 0 radical (unpaired) electrons. The Morgan fingerprint density at radius 3 is 2.32 bits per heavy atom. The van der Waals surface area contributed by atoms with Crippen LogP contribution in [0.1, 0.15) is 50.7 Å². The maximum atomic E-state index is 12.8. The van der Waals surface area contributed by atoms with Gasteiger partial charge < -0.3 is 10.5 Å². The number of pyridine rings is 1. The van der Waals surface area contributed by atoms with E-state index >= 15 is 0 Å². The molecule has 2 N–H and O–H groups in total. The van der Waals surface area contributed by atoms with Crippen molar-refractivity contribution >= 4 is 20.9 Å². The van der Waals surface area contributed by atoms with Gasteiger partial charge in [0.05, 0.1) is 29.1 Å². The van der Waals surface area contributed by atoms with Gasteiger partial charge in [-0.2, -0.15) is 5.10 Å². The quantitative estimate of drug-likeness (QED) is 0.289. The van der Waals surface area contributed by atoms with Crippen molar-refractivity contribution in [2.45, 2.75) is 63.4 Å². The molecule has 1 aromatic carbocycles. The fraction of sp³-hybridized carbons (Fsp3) is 0.484. The topological polar surface area (TPSA) is 108 Å². The summed E-state index contributed by atoms with van der Waals surface area (Å²) < 4.78 is 70.2. The minimum absolute atomic E-state index is 0.173. The highest BCUT2D eigenvalue weighted by Crippen LogP contribution is 2.45. The van der Waals surface area contributed by atoms with E-state index in [0.717, 1.165) is 47.9 Å². The average molecular weight is 631 g/mol. The van der Waals surface area contributed by atoms with E-state index in [1.54, 1.807) is 23.0 Å². The third-order valence-corrected chi connectivity index (χ3v) is 10.8. The van der Waals surface area contributed by atoms with Crippen molar-refractivity contribution in [1.29, 1.82) is 0 Å². The minimum atomic E-state index is -4.77. The van der Waals surface area contributed by atoms with Gasteiger partial charge in [0.1, 0.15) is 11.4 Å². The predicted octanol–water partition coefficient (Wildman–Crippen LogP) is 5.10. The molecule has 6 rings (SSSR count). The first-order chi connectivity index (χ1) is 20.6. The monoisotopic (exact) mass is 630 g/mol. The summed E-state index contributed by atoms with van der Waals surface area (Å²) >= 11 is 0. The Balaban J connectivity index is 1.43. The number of benzene rings is 1. The first kappa shape index (κ1) is 30.6. The maximum absolute atomic E-state index is 12.8. The van der Waals surface area contributed by atoms with Gasteiger partial charge in [-0.25, -0.2) is 13.4 Å². The molecule has 9 nitrogen and oxygen atoms in total. The molecule has 44 heavy (non-hydrogen) atoms. The molecule has 4 heterocycles. The standard InChI is InChI=1S/C31H37F3N6O3S/c1-29(2,39-13-15-44(41,42)16-14-39)12-9-22-19-40(23-18-36-38(3)20-23)28-27(22)25(30(35)10-4-11-30)17-26(37-28)21-5-7-24(8-6-21)43-31(32,33)34/h5-8,17-20H,4,9-16,35H2,1-3H3. The Bertz CT molecular complexity index is 1780. The highest BCUT2D eigenvalue weighted by molar-refractivity contribution is 7.91. The molecule has 2 aliphatic rings. The number of rotatable bonds is 8. The summed E-state index contributed by atoms with van der Waals surface area (Å²) in [5.41, 5.74) is 11.1. The maximum Gasteiger partial charge on any atom is 0.573 e. The molecule has 13 heteroatoms. The van der Waals surface area contributed by atoms with Gasteiger partial charge in [0.2, 0.25) is 0 Å². The zero-order chi connectivity index (χ0) is 31.5. The Morgan fingerprint density at radius 2 is 1.75 bits per heavy atom. The second kappa shape index (κ2) is 10.9. The lowest BCUT2D eigenvalue weighted by Gasteiger charge is -2.41. The van der Waals surface area contributed by atoms with Crippen LogP contribution in [-0.4, -0.2) is 69.1 Å². The number of fused-ring (bicyclic) bond motifs is 1. The van der Waals surface area contributed by atoms with Gasteiger partial charge in [-0.3, -0.25) is 14.1 Å². The first-order valence-electron chi connectivity index (χ1n) is 14.8. The summed E-state index contributed by atoms with van der Waals surface area (Å²) in [6.07, 6.45) is 5.11. The predicted molar refractivity (Wildman–Crippen MR) is 162 cm³/mol. The molecular formula is C31H37F3N6O3S. The summed E-state index contributed by atoms with van der Waals surface area (Å²) in [5.74, 6) is 0.0471. The smallest absolute Gasteiger partial charge is 0.406 e. The van der Waals surface area contributed by atoms with Gasteiger partial charge in [0.25, 0.3) is 0 Å². The number of aryl methyl sites for hydroxylation is 2. The van der Waals surface area contributed by atoms with Crippen LogP contribution >= 0.6 is 0 Å². The lowest BCUT2D eigenvalue weighted by molar-refractivity contribution is -0.274. The van der Waals surface area contributed by atoms with Crippen molar-refractivity contribution in [2.24, 2.45) is 12.8 Å². The van der Waals surface area contributed by atoms with E-state index in [9.17, 15) is 21.6 Å². The number of aromatic nitrogens is 4. The van der Waals surface area contributed by atoms with E-state index in [1.807, 2.05) is 23.9 Å². The van der Waals surface area contributed by atoms with Crippen LogP contribution in [0.15, 0.2) is 48.9 Å². The van der Waals surface area contributed by atoms with Gasteiger partial charge in [-0.15, -0.1) is 13.2 Å². The fourth-order valence-corrected chi connectivity index (χ4v) is 7.54. The Kier molecular flexibility index (Phi) is 7.57. The van der Waals surface area contributed by atoms with Crippen LogP contribution in [0.5, 0.6) is 5.75 Å². The van der Waals surface area contributed by atoms with Crippen molar-refractivity contribution in [3.8, 4) is 22.7 Å². The van der Waals surface area contributed by atoms with Gasteiger partial charge in [0, 0.05) is 54.6 Å². The van der Waals surface area contributed by atoms with Crippen LogP contribution in [0.2, 0.25) is 0 Å². The van der Waals surface area contributed by atoms with Crippen LogP contribution in [0.4, 0.5) is 13.2 Å². The molecule has 1 saturated heterocycles. The summed E-state index contributed by atoms with van der Waals surface area (Å²) in [6, 6.07) is 7.70. The number of sulfone groups is 1. The Hall–Kier alpha value is -3.42. The van der Waals surface area contributed by atoms with Crippen molar-refractivity contribution in [1.82, 2.24) is 24.2 Å². The number of halogens is 3. The van der Waals surface area contributed by atoms with E-state index in [0.29, 0.717) is 36.4 Å². The van der Waals surface area contributed by atoms with Gasteiger partial charge in [0.15, 0.2) is 9.84 Å². The van der Waals surface area contributed by atoms with E-state index < -0.39 is 21.7 Å². The van der Waals surface area contributed by atoms with E-state index in [-0.39, 0.29) is 22.8 Å². The van der Waals surface area contributed by atoms with Crippen molar-refractivity contribution < 1.29 is 26.3 Å². The molecule has 0 amide bonds. The molecule has 1 aliphatic carbocycles. The van der Waals surface area contributed by atoms with E-state index in [2.05, 4.69) is 34.8 Å². The molecule has 236 valence electrons. The number of hydrogen-bond donors (Lipinski definition) is 1. The van der Waals surface area contributed by atoms with Gasteiger partial charge in [-0.05, 0) is 87.4 Å². The minimum Gasteiger partial charge on any atom is -0.406 e. The third-order valence-electron chi connectivity index (χ3n) is 9.18. The molecular weight excluding hydrogens is 593 g/mol. The molecule has 1 saturated carbocycles. The van der Waals surface area contributed by atoms with Crippen LogP contribution in [-0.2, 0) is 28.8 Å². The molecule has 0 spiro atoms. The van der Waals surface area contributed by atoms with Crippen molar-refractivity contribution in [2.75, 3.05) is 24.6 Å². The normalized spacial score (nSPS) is 18.8. The zero-order valence-electron chi connectivity index (χ0n) is 25.1. The number of nitrogens with two attached hydrogens (primary N) is 1. The van der Waals surface area contributed by atoms with E-state index in [1.165, 1.54) is 12.1 Å². The SMILES string of the molecule is Cn1cc(-n2cc(CCC(C)(C)N3CCS(=O)(=O)CC3)c3c(C4(N)CCC4)cc(-c4ccc(OC(F)(F)F)cc4)nc32)cn1. The van der Waals surface area contributed by atoms with Crippen molar-refractivity contribution in [3.63, 3.8) is 0 Å². The highest BCUT2D eigenvalue weighted by atomic mass is 32.2.